The van der Waals surface area contributed by atoms with Crippen LogP contribution in [0.25, 0.3) is 33.9 Å². The Kier molecular flexibility index (Phi) is 6.18. The van der Waals surface area contributed by atoms with Gasteiger partial charge in [0.2, 0.25) is 0 Å². The van der Waals surface area contributed by atoms with Crippen molar-refractivity contribution in [1.82, 2.24) is 9.97 Å². The smallest absolute Gasteiger partial charge is 0.337 e. The van der Waals surface area contributed by atoms with E-state index in [0.29, 0.717) is 5.56 Å². The third kappa shape index (κ3) is 4.60. The van der Waals surface area contributed by atoms with Gasteiger partial charge in [0, 0.05) is 56.3 Å². The third-order valence-electron chi connectivity index (χ3n) is 5.61. The maximum absolute atomic E-state index is 11.8. The van der Waals surface area contributed by atoms with Crippen LogP contribution < -0.4 is 9.80 Å². The predicted molar refractivity (Wildman–Crippen MR) is 135 cm³/mol. The highest BCUT2D eigenvalue weighted by atomic mass is 16.5. The van der Waals surface area contributed by atoms with Crippen molar-refractivity contribution in [3.05, 3.63) is 78.4 Å². The van der Waals surface area contributed by atoms with Crippen molar-refractivity contribution < 1.29 is 9.53 Å². The number of carbonyl (C=O) groups is 1. The molecule has 1 aromatic heterocycles. The van der Waals surface area contributed by atoms with Gasteiger partial charge >= 0.3 is 5.97 Å². The van der Waals surface area contributed by atoms with Crippen LogP contribution in [0.4, 0.5) is 11.4 Å². The highest BCUT2D eigenvalue weighted by molar-refractivity contribution is 5.90. The SMILES string of the molecule is COC(=O)c1ccc(-c2nc(-c3ccc(N(C)C)cc3)c(-c3ccc(N(C)C)cc3)[nH]2)cc1. The lowest BCUT2D eigenvalue weighted by molar-refractivity contribution is 0.0600. The molecule has 0 saturated carbocycles. The second-order valence-corrected chi connectivity index (χ2v) is 8.26. The molecule has 33 heavy (non-hydrogen) atoms. The van der Waals surface area contributed by atoms with Gasteiger partial charge in [-0.15, -0.1) is 0 Å². The summed E-state index contributed by atoms with van der Waals surface area (Å²) in [4.78, 5) is 24.4. The number of nitrogens with zero attached hydrogens (tertiary/aromatic N) is 3. The summed E-state index contributed by atoms with van der Waals surface area (Å²) >= 11 is 0. The maximum Gasteiger partial charge on any atom is 0.337 e. The zero-order valence-electron chi connectivity index (χ0n) is 19.6. The van der Waals surface area contributed by atoms with Gasteiger partial charge in [-0.1, -0.05) is 36.4 Å². The van der Waals surface area contributed by atoms with E-state index in [1.54, 1.807) is 12.1 Å². The lowest BCUT2D eigenvalue weighted by atomic mass is 10.0. The predicted octanol–water partition coefficient (Wildman–Crippen LogP) is 5.33. The van der Waals surface area contributed by atoms with Crippen LogP contribution in [-0.4, -0.2) is 51.2 Å². The highest BCUT2D eigenvalue weighted by Crippen LogP contribution is 2.34. The van der Waals surface area contributed by atoms with Crippen molar-refractivity contribution in [3.8, 4) is 33.9 Å². The Labute approximate surface area is 194 Å². The number of hydrogen-bond acceptors (Lipinski definition) is 5. The molecule has 0 spiro atoms. The van der Waals surface area contributed by atoms with Crippen LogP contribution in [0.15, 0.2) is 72.8 Å². The number of imidazole rings is 1. The number of esters is 1. The van der Waals surface area contributed by atoms with Crippen molar-refractivity contribution >= 4 is 17.3 Å². The minimum Gasteiger partial charge on any atom is -0.465 e. The molecule has 4 aromatic rings. The van der Waals surface area contributed by atoms with Crippen LogP contribution in [0.5, 0.6) is 0 Å². The fraction of sp³-hybridized carbons (Fsp3) is 0.185. The van der Waals surface area contributed by atoms with E-state index in [1.165, 1.54) is 7.11 Å². The third-order valence-corrected chi connectivity index (χ3v) is 5.61. The van der Waals surface area contributed by atoms with Gasteiger partial charge in [0.15, 0.2) is 0 Å². The summed E-state index contributed by atoms with van der Waals surface area (Å²) < 4.78 is 4.80. The monoisotopic (exact) mass is 440 g/mol. The first kappa shape index (κ1) is 22.1. The largest absolute Gasteiger partial charge is 0.465 e. The van der Waals surface area contributed by atoms with Gasteiger partial charge in [0.05, 0.1) is 24.1 Å². The molecule has 1 heterocycles. The number of aromatic amines is 1. The van der Waals surface area contributed by atoms with Crippen LogP contribution in [-0.2, 0) is 4.74 Å². The summed E-state index contributed by atoms with van der Waals surface area (Å²) in [6, 6.07) is 24.0. The normalized spacial score (nSPS) is 10.7. The summed E-state index contributed by atoms with van der Waals surface area (Å²) in [6.07, 6.45) is 0. The fourth-order valence-corrected chi connectivity index (χ4v) is 3.65. The van der Waals surface area contributed by atoms with E-state index in [4.69, 9.17) is 9.72 Å². The Morgan fingerprint density at radius 1 is 0.727 bits per heavy atom. The number of anilines is 2. The molecule has 0 fully saturated rings. The minimum absolute atomic E-state index is 0.357. The number of methoxy groups -OCH3 is 1. The molecular weight excluding hydrogens is 412 g/mol. The van der Waals surface area contributed by atoms with E-state index >= 15 is 0 Å². The van der Waals surface area contributed by atoms with E-state index in [9.17, 15) is 4.79 Å². The number of hydrogen-bond donors (Lipinski definition) is 1. The zero-order chi connectivity index (χ0) is 23.5. The van der Waals surface area contributed by atoms with Gasteiger partial charge in [-0.3, -0.25) is 0 Å². The quantitative estimate of drug-likeness (QED) is 0.411. The molecule has 0 amide bonds. The Hall–Kier alpha value is -4.06. The molecule has 0 unspecified atom stereocenters. The molecule has 0 bridgehead atoms. The molecule has 0 aliphatic carbocycles. The molecule has 0 radical (unpaired) electrons. The van der Waals surface area contributed by atoms with Crippen LogP contribution in [0.3, 0.4) is 0 Å². The lowest BCUT2D eigenvalue weighted by Gasteiger charge is -2.13. The zero-order valence-corrected chi connectivity index (χ0v) is 19.6. The second-order valence-electron chi connectivity index (χ2n) is 8.26. The van der Waals surface area contributed by atoms with E-state index in [-0.39, 0.29) is 5.97 Å². The van der Waals surface area contributed by atoms with Crippen molar-refractivity contribution in [2.24, 2.45) is 0 Å². The number of H-pyrrole nitrogens is 1. The summed E-state index contributed by atoms with van der Waals surface area (Å²) in [5, 5.41) is 0. The highest BCUT2D eigenvalue weighted by Gasteiger charge is 2.16. The first-order chi connectivity index (χ1) is 15.9. The summed E-state index contributed by atoms with van der Waals surface area (Å²) in [5.74, 6) is 0.383. The molecule has 6 nitrogen and oxygen atoms in total. The summed E-state index contributed by atoms with van der Waals surface area (Å²) in [6.45, 7) is 0. The first-order valence-corrected chi connectivity index (χ1v) is 10.7. The average Bonchev–Trinajstić information content (AvgIpc) is 3.29. The number of rotatable bonds is 6. The van der Waals surface area contributed by atoms with Crippen molar-refractivity contribution in [2.75, 3.05) is 45.1 Å². The molecule has 0 aliphatic heterocycles. The van der Waals surface area contributed by atoms with Crippen molar-refractivity contribution in [1.29, 1.82) is 0 Å². The van der Waals surface area contributed by atoms with Gasteiger partial charge in [-0.25, -0.2) is 9.78 Å². The molecule has 3 aromatic carbocycles. The van der Waals surface area contributed by atoms with Crippen LogP contribution >= 0.6 is 0 Å². The Morgan fingerprint density at radius 2 is 1.21 bits per heavy atom. The molecular formula is C27H28N4O2. The van der Waals surface area contributed by atoms with Crippen LogP contribution in [0, 0.1) is 0 Å². The molecule has 168 valence electrons. The number of nitrogens with one attached hydrogen (secondary N) is 1. The van der Waals surface area contributed by atoms with E-state index in [2.05, 4.69) is 63.3 Å². The van der Waals surface area contributed by atoms with E-state index < -0.39 is 0 Å². The van der Waals surface area contributed by atoms with Crippen LogP contribution in [0.2, 0.25) is 0 Å². The minimum atomic E-state index is -0.357. The number of aromatic nitrogens is 2. The van der Waals surface area contributed by atoms with Gasteiger partial charge in [-0.2, -0.15) is 0 Å². The Morgan fingerprint density at radius 3 is 1.70 bits per heavy atom. The van der Waals surface area contributed by atoms with Crippen molar-refractivity contribution in [3.63, 3.8) is 0 Å². The standard InChI is InChI=1S/C27H28N4O2/c1-30(2)22-14-10-18(11-15-22)24-25(19-12-16-23(17-13-19)31(3)4)29-26(28-24)20-6-8-21(9-7-20)27(32)33-5/h6-17H,1-5H3,(H,28,29). The topological polar surface area (TPSA) is 61.5 Å². The van der Waals surface area contributed by atoms with E-state index in [0.717, 1.165) is 45.3 Å². The lowest BCUT2D eigenvalue weighted by Crippen LogP contribution is -2.08. The first-order valence-electron chi connectivity index (χ1n) is 10.7. The number of carbonyl (C=O) groups excluding carboxylic acids is 1. The summed E-state index contributed by atoms with van der Waals surface area (Å²) in [7, 11) is 9.48. The molecule has 1 N–H and O–H groups in total. The second kappa shape index (κ2) is 9.20. The molecule has 0 saturated heterocycles. The maximum atomic E-state index is 11.8. The number of benzene rings is 3. The Bertz CT molecular complexity index is 1170. The number of ether oxygens (including phenoxy) is 1. The molecule has 4 rings (SSSR count). The molecule has 6 heteroatoms. The Balaban J connectivity index is 1.79. The average molecular weight is 441 g/mol. The fourth-order valence-electron chi connectivity index (χ4n) is 3.65. The summed E-state index contributed by atoms with van der Waals surface area (Å²) in [5.41, 5.74) is 7.57. The van der Waals surface area contributed by atoms with Gasteiger partial charge in [0.1, 0.15) is 5.82 Å². The van der Waals surface area contributed by atoms with Crippen molar-refractivity contribution in [2.45, 2.75) is 0 Å². The van der Waals surface area contributed by atoms with Gasteiger partial charge in [0.25, 0.3) is 0 Å². The molecule has 0 atom stereocenters. The van der Waals surface area contributed by atoms with Gasteiger partial charge in [-0.05, 0) is 36.4 Å². The van der Waals surface area contributed by atoms with Gasteiger partial charge < -0.3 is 19.5 Å². The molecule has 0 aliphatic rings. The van der Waals surface area contributed by atoms with E-state index in [1.807, 2.05) is 40.3 Å². The van der Waals surface area contributed by atoms with Crippen LogP contribution in [0.1, 0.15) is 10.4 Å².